The van der Waals surface area contributed by atoms with Crippen LogP contribution < -0.4 is 5.73 Å². The van der Waals surface area contributed by atoms with Gasteiger partial charge in [0, 0.05) is 5.69 Å². The van der Waals surface area contributed by atoms with Gasteiger partial charge in [-0.15, -0.1) is 17.8 Å². The Morgan fingerprint density at radius 3 is 3.21 bits per heavy atom. The van der Waals surface area contributed by atoms with Gasteiger partial charge in [0.25, 0.3) is 0 Å². The van der Waals surface area contributed by atoms with Crippen LogP contribution in [0.5, 0.6) is 0 Å². The number of fused-ring (bicyclic) bond motifs is 1. The highest BCUT2D eigenvalue weighted by Crippen LogP contribution is 2.30. The maximum Gasteiger partial charge on any atom is 0.152 e. The number of benzene rings is 1. The third-order valence-electron chi connectivity index (χ3n) is 1.67. The first kappa shape index (κ1) is 9.38. The van der Waals surface area contributed by atoms with E-state index in [9.17, 15) is 0 Å². The molecule has 2 nitrogen and oxygen atoms in total. The highest BCUT2D eigenvalue weighted by molar-refractivity contribution is 8.01. The molecule has 0 unspecified atom stereocenters. The number of nitrogen functional groups attached to an aromatic ring is 1. The summed E-state index contributed by atoms with van der Waals surface area (Å²) < 4.78 is 2.12. The van der Waals surface area contributed by atoms with E-state index in [1.807, 2.05) is 18.2 Å². The van der Waals surface area contributed by atoms with Crippen LogP contribution in [0.15, 0.2) is 22.5 Å². The second kappa shape index (κ2) is 3.91. The fraction of sp³-hybridized carbons (Fsp3) is 0.100. The van der Waals surface area contributed by atoms with Crippen LogP contribution in [0, 0.1) is 12.3 Å². The van der Waals surface area contributed by atoms with Gasteiger partial charge >= 0.3 is 0 Å². The van der Waals surface area contributed by atoms with Gasteiger partial charge < -0.3 is 5.73 Å². The van der Waals surface area contributed by atoms with Crippen LogP contribution >= 0.6 is 23.1 Å². The minimum atomic E-state index is 0.662. The molecule has 1 aromatic carbocycles. The zero-order valence-corrected chi connectivity index (χ0v) is 8.99. The Hall–Kier alpha value is -1.18. The summed E-state index contributed by atoms with van der Waals surface area (Å²) in [6, 6.07) is 5.73. The van der Waals surface area contributed by atoms with Crippen molar-refractivity contribution in [3.63, 3.8) is 0 Å². The Morgan fingerprint density at radius 2 is 2.43 bits per heavy atom. The van der Waals surface area contributed by atoms with E-state index < -0.39 is 0 Å². The lowest BCUT2D eigenvalue weighted by molar-refractivity contribution is 1.31. The largest absolute Gasteiger partial charge is 0.399 e. The van der Waals surface area contributed by atoms with Gasteiger partial charge in [-0.3, -0.25) is 0 Å². The predicted octanol–water partition coefficient (Wildman–Crippen LogP) is 2.60. The summed E-state index contributed by atoms with van der Waals surface area (Å²) in [4.78, 5) is 4.42. The molecule has 0 aliphatic heterocycles. The van der Waals surface area contributed by atoms with Gasteiger partial charge in [-0.05, 0) is 18.2 Å². The SMILES string of the molecule is C#CCSc1nc2ccc(N)cc2s1. The van der Waals surface area contributed by atoms with Crippen LogP contribution in [0.3, 0.4) is 0 Å². The number of hydrogen-bond acceptors (Lipinski definition) is 4. The molecule has 1 aromatic heterocycles. The van der Waals surface area contributed by atoms with Gasteiger partial charge in [0.05, 0.1) is 16.0 Å². The molecular formula is C10H8N2S2. The zero-order chi connectivity index (χ0) is 9.97. The molecule has 14 heavy (non-hydrogen) atoms. The number of rotatable bonds is 2. The number of thioether (sulfide) groups is 1. The highest BCUT2D eigenvalue weighted by Gasteiger charge is 2.03. The Bertz CT molecular complexity index is 496. The van der Waals surface area contributed by atoms with E-state index in [4.69, 9.17) is 12.2 Å². The number of hydrogen-bond donors (Lipinski definition) is 1. The third-order valence-corrected chi connectivity index (χ3v) is 3.74. The van der Waals surface area contributed by atoms with Gasteiger partial charge in [-0.2, -0.15) is 0 Å². The summed E-state index contributed by atoms with van der Waals surface area (Å²) >= 11 is 3.21. The second-order valence-corrected chi connectivity index (χ2v) is 4.95. The highest BCUT2D eigenvalue weighted by atomic mass is 32.2. The maximum absolute atomic E-state index is 5.67. The Labute approximate surface area is 90.5 Å². The smallest absolute Gasteiger partial charge is 0.152 e. The molecule has 70 valence electrons. The molecule has 2 N–H and O–H groups in total. The van der Waals surface area contributed by atoms with E-state index in [0.717, 1.165) is 20.2 Å². The number of nitrogens with two attached hydrogens (primary N) is 1. The Balaban J connectivity index is 2.37. The quantitative estimate of drug-likeness (QED) is 0.480. The molecule has 0 spiro atoms. The van der Waals surface area contributed by atoms with Gasteiger partial charge in [-0.1, -0.05) is 17.7 Å². The fourth-order valence-electron chi connectivity index (χ4n) is 1.09. The van der Waals surface area contributed by atoms with E-state index in [0.29, 0.717) is 5.75 Å². The number of nitrogens with zero attached hydrogens (tertiary/aromatic N) is 1. The van der Waals surface area contributed by atoms with E-state index in [1.165, 1.54) is 0 Å². The van der Waals surface area contributed by atoms with Crippen LogP contribution in [0.25, 0.3) is 10.2 Å². The van der Waals surface area contributed by atoms with E-state index >= 15 is 0 Å². The monoisotopic (exact) mass is 220 g/mol. The second-order valence-electron chi connectivity index (χ2n) is 2.70. The van der Waals surface area contributed by atoms with Gasteiger partial charge in [0.1, 0.15) is 0 Å². The predicted molar refractivity (Wildman–Crippen MR) is 63.6 cm³/mol. The summed E-state index contributed by atoms with van der Waals surface area (Å²) in [6.07, 6.45) is 5.18. The number of terminal acetylenes is 1. The first-order chi connectivity index (χ1) is 6.79. The minimum absolute atomic E-state index is 0.662. The normalized spacial score (nSPS) is 10.2. The summed E-state index contributed by atoms with van der Waals surface area (Å²) in [5.41, 5.74) is 7.44. The van der Waals surface area contributed by atoms with Gasteiger partial charge in [0.2, 0.25) is 0 Å². The van der Waals surface area contributed by atoms with Gasteiger partial charge in [0.15, 0.2) is 4.34 Å². The molecule has 0 saturated carbocycles. The summed E-state index contributed by atoms with van der Waals surface area (Å²) in [6.45, 7) is 0. The molecule has 0 aliphatic carbocycles. The molecule has 4 heteroatoms. The molecule has 0 saturated heterocycles. The number of thiazole rings is 1. The topological polar surface area (TPSA) is 38.9 Å². The average Bonchev–Trinajstić information content (AvgIpc) is 2.56. The zero-order valence-electron chi connectivity index (χ0n) is 7.36. The average molecular weight is 220 g/mol. The van der Waals surface area contributed by atoms with Crippen molar-refractivity contribution in [2.24, 2.45) is 0 Å². The first-order valence-corrected chi connectivity index (χ1v) is 5.82. The van der Waals surface area contributed by atoms with Crippen LogP contribution in [-0.2, 0) is 0 Å². The van der Waals surface area contributed by atoms with Crippen molar-refractivity contribution in [1.82, 2.24) is 4.98 Å². The van der Waals surface area contributed by atoms with Gasteiger partial charge in [-0.25, -0.2) is 4.98 Å². The van der Waals surface area contributed by atoms with E-state index in [-0.39, 0.29) is 0 Å². The molecule has 0 fully saturated rings. The molecule has 0 radical (unpaired) electrons. The van der Waals surface area contributed by atoms with Crippen LogP contribution in [0.1, 0.15) is 0 Å². The van der Waals surface area contributed by atoms with E-state index in [2.05, 4.69) is 10.9 Å². The first-order valence-electron chi connectivity index (χ1n) is 4.02. The maximum atomic E-state index is 5.67. The summed E-state index contributed by atoms with van der Waals surface area (Å²) in [5.74, 6) is 3.24. The van der Waals surface area contributed by atoms with Crippen molar-refractivity contribution in [3.05, 3.63) is 18.2 Å². The van der Waals surface area contributed by atoms with Crippen LogP contribution in [-0.4, -0.2) is 10.7 Å². The van der Waals surface area contributed by atoms with Crippen molar-refractivity contribution in [2.75, 3.05) is 11.5 Å². The molecule has 2 aromatic rings. The molecule has 0 aliphatic rings. The van der Waals surface area contributed by atoms with Crippen LogP contribution in [0.4, 0.5) is 5.69 Å². The molecule has 0 bridgehead atoms. The lowest BCUT2D eigenvalue weighted by Crippen LogP contribution is -1.81. The van der Waals surface area contributed by atoms with Crippen molar-refractivity contribution in [3.8, 4) is 12.3 Å². The third kappa shape index (κ3) is 1.84. The van der Waals surface area contributed by atoms with Crippen molar-refractivity contribution < 1.29 is 0 Å². The van der Waals surface area contributed by atoms with Crippen molar-refractivity contribution >= 4 is 39.0 Å². The Morgan fingerprint density at radius 1 is 1.57 bits per heavy atom. The molecule has 2 rings (SSSR count). The van der Waals surface area contributed by atoms with Crippen molar-refractivity contribution in [2.45, 2.75) is 4.34 Å². The van der Waals surface area contributed by atoms with Crippen molar-refractivity contribution in [1.29, 1.82) is 0 Å². The molecule has 0 atom stereocenters. The summed E-state index contributed by atoms with van der Waals surface area (Å²) in [7, 11) is 0. The van der Waals surface area contributed by atoms with Crippen LogP contribution in [0.2, 0.25) is 0 Å². The minimum Gasteiger partial charge on any atom is -0.399 e. The summed E-state index contributed by atoms with van der Waals surface area (Å²) in [5, 5.41) is 0. The molecule has 1 heterocycles. The number of anilines is 1. The molecule has 0 amide bonds. The molecular weight excluding hydrogens is 212 g/mol. The lowest BCUT2D eigenvalue weighted by atomic mass is 10.3. The fourth-order valence-corrected chi connectivity index (χ4v) is 2.88. The number of aromatic nitrogens is 1. The Kier molecular flexibility index (Phi) is 2.62. The van der Waals surface area contributed by atoms with E-state index in [1.54, 1.807) is 23.1 Å². The lowest BCUT2D eigenvalue weighted by Gasteiger charge is -1.88. The standard InChI is InChI=1S/C10H8N2S2/c1-2-5-13-10-12-8-4-3-7(11)6-9(8)14-10/h1,3-4,6H,5,11H2.